The molecular formula is C6H9FN2. The van der Waals surface area contributed by atoms with E-state index >= 15 is 0 Å². The van der Waals surface area contributed by atoms with E-state index in [2.05, 4.69) is 0 Å². The molecular weight excluding hydrogens is 119 g/mol. The Morgan fingerprint density at radius 1 is 1.78 bits per heavy atom. The van der Waals surface area contributed by atoms with Crippen molar-refractivity contribution in [2.45, 2.75) is 12.6 Å². The van der Waals surface area contributed by atoms with Crippen LogP contribution >= 0.6 is 0 Å². The summed E-state index contributed by atoms with van der Waals surface area (Å²) in [5, 5.41) is 8.20. The molecule has 0 bridgehead atoms. The van der Waals surface area contributed by atoms with Crippen molar-refractivity contribution in [2.75, 3.05) is 19.6 Å². The van der Waals surface area contributed by atoms with Crippen LogP contribution in [0, 0.1) is 11.3 Å². The van der Waals surface area contributed by atoms with Crippen LogP contribution in [0.2, 0.25) is 0 Å². The fraction of sp³-hybridized carbons (Fsp3) is 0.833. The van der Waals surface area contributed by atoms with Gasteiger partial charge in [0, 0.05) is 13.1 Å². The van der Waals surface area contributed by atoms with Crippen molar-refractivity contribution >= 4 is 0 Å². The molecule has 0 unspecified atom stereocenters. The Morgan fingerprint density at radius 3 is 3.00 bits per heavy atom. The molecule has 9 heavy (non-hydrogen) atoms. The number of halogens is 1. The zero-order valence-corrected chi connectivity index (χ0v) is 5.18. The highest BCUT2D eigenvalue weighted by atomic mass is 19.1. The summed E-state index contributed by atoms with van der Waals surface area (Å²) in [6, 6.07) is 1.99. The van der Waals surface area contributed by atoms with Gasteiger partial charge in [-0.05, 0) is 6.42 Å². The number of nitriles is 1. The average Bonchev–Trinajstić information content (AvgIpc) is 2.17. The van der Waals surface area contributed by atoms with Crippen LogP contribution in [0.4, 0.5) is 4.39 Å². The first-order valence-electron chi connectivity index (χ1n) is 3.06. The first kappa shape index (κ1) is 6.50. The Balaban J connectivity index is 2.24. The maximum Gasteiger partial charge on any atom is 0.114 e. The summed E-state index contributed by atoms with van der Waals surface area (Å²) < 4.78 is 12.3. The summed E-state index contributed by atoms with van der Waals surface area (Å²) in [7, 11) is 0. The van der Waals surface area contributed by atoms with E-state index in [1.165, 1.54) is 0 Å². The van der Waals surface area contributed by atoms with Gasteiger partial charge < -0.3 is 0 Å². The predicted octanol–water partition coefficient (Wildman–Crippen LogP) is 0.554. The van der Waals surface area contributed by atoms with E-state index in [-0.39, 0.29) is 0 Å². The molecule has 3 heteroatoms. The van der Waals surface area contributed by atoms with Gasteiger partial charge in [-0.15, -0.1) is 0 Å². The highest BCUT2D eigenvalue weighted by molar-refractivity contribution is 4.82. The Kier molecular flexibility index (Phi) is 2.01. The molecule has 0 radical (unpaired) electrons. The van der Waals surface area contributed by atoms with Gasteiger partial charge in [-0.3, -0.25) is 4.90 Å². The number of nitrogens with zero attached hydrogens (tertiary/aromatic N) is 2. The number of hydrogen-bond donors (Lipinski definition) is 0. The van der Waals surface area contributed by atoms with Gasteiger partial charge in [0.05, 0.1) is 12.6 Å². The van der Waals surface area contributed by atoms with Crippen LogP contribution in [-0.2, 0) is 0 Å². The van der Waals surface area contributed by atoms with Gasteiger partial charge in [0.2, 0.25) is 0 Å². The van der Waals surface area contributed by atoms with Gasteiger partial charge in [-0.2, -0.15) is 5.26 Å². The standard InChI is InChI=1S/C6H9FN2/c7-6-1-3-9(5-6)4-2-8/h6H,1,3-5H2/t6-/m1/s1. The SMILES string of the molecule is N#CCN1CC[C@@H](F)C1. The van der Waals surface area contributed by atoms with E-state index in [1.54, 1.807) is 0 Å². The largest absolute Gasteiger partial charge is 0.288 e. The molecule has 1 atom stereocenters. The van der Waals surface area contributed by atoms with E-state index in [0.29, 0.717) is 19.5 Å². The fourth-order valence-electron chi connectivity index (χ4n) is 1.03. The van der Waals surface area contributed by atoms with Crippen LogP contribution in [0.25, 0.3) is 0 Å². The molecule has 1 aliphatic heterocycles. The maximum absolute atomic E-state index is 12.3. The number of likely N-dealkylation sites (tertiary alicyclic amines) is 1. The summed E-state index contributed by atoms with van der Waals surface area (Å²) in [4.78, 5) is 1.82. The van der Waals surface area contributed by atoms with Crippen LogP contribution < -0.4 is 0 Å². The molecule has 1 fully saturated rings. The lowest BCUT2D eigenvalue weighted by molar-refractivity contribution is 0.308. The number of rotatable bonds is 1. The molecule has 1 heterocycles. The Labute approximate surface area is 53.9 Å². The predicted molar refractivity (Wildman–Crippen MR) is 31.6 cm³/mol. The van der Waals surface area contributed by atoms with Crippen LogP contribution in [0.1, 0.15) is 6.42 Å². The molecule has 1 rings (SSSR count). The first-order chi connectivity index (χ1) is 4.33. The van der Waals surface area contributed by atoms with Crippen molar-refractivity contribution in [2.24, 2.45) is 0 Å². The summed E-state index contributed by atoms with van der Waals surface area (Å²) in [5.41, 5.74) is 0. The second-order valence-corrected chi connectivity index (χ2v) is 2.28. The zero-order valence-electron chi connectivity index (χ0n) is 5.18. The van der Waals surface area contributed by atoms with E-state index in [4.69, 9.17) is 5.26 Å². The van der Waals surface area contributed by atoms with Gasteiger partial charge in [0.15, 0.2) is 0 Å². The summed E-state index contributed by atoms with van der Waals surface area (Å²) in [6.07, 6.45) is -0.0971. The van der Waals surface area contributed by atoms with Crippen LogP contribution in [0.15, 0.2) is 0 Å². The first-order valence-corrected chi connectivity index (χ1v) is 3.06. The lowest BCUT2D eigenvalue weighted by Gasteiger charge is -2.06. The highest BCUT2D eigenvalue weighted by Gasteiger charge is 2.20. The minimum atomic E-state index is -0.696. The van der Waals surface area contributed by atoms with Gasteiger partial charge >= 0.3 is 0 Å². The van der Waals surface area contributed by atoms with Crippen molar-refractivity contribution in [1.82, 2.24) is 4.90 Å². The third kappa shape index (κ3) is 1.65. The van der Waals surface area contributed by atoms with Crippen molar-refractivity contribution in [3.05, 3.63) is 0 Å². The second-order valence-electron chi connectivity index (χ2n) is 2.28. The Bertz CT molecular complexity index is 130. The number of hydrogen-bond acceptors (Lipinski definition) is 2. The number of alkyl halides is 1. The molecule has 50 valence electrons. The molecule has 0 aromatic carbocycles. The van der Waals surface area contributed by atoms with Crippen molar-refractivity contribution < 1.29 is 4.39 Å². The lowest BCUT2D eigenvalue weighted by Crippen LogP contribution is -2.20. The zero-order chi connectivity index (χ0) is 6.69. The fourth-order valence-corrected chi connectivity index (χ4v) is 1.03. The van der Waals surface area contributed by atoms with Crippen molar-refractivity contribution in [3.63, 3.8) is 0 Å². The normalized spacial score (nSPS) is 28.2. The molecule has 0 N–H and O–H groups in total. The third-order valence-electron chi connectivity index (χ3n) is 1.51. The van der Waals surface area contributed by atoms with Crippen LogP contribution in [0.3, 0.4) is 0 Å². The Morgan fingerprint density at radius 2 is 2.56 bits per heavy atom. The van der Waals surface area contributed by atoms with E-state index in [0.717, 1.165) is 6.54 Å². The molecule has 0 aliphatic carbocycles. The Hall–Kier alpha value is -0.620. The topological polar surface area (TPSA) is 27.0 Å². The van der Waals surface area contributed by atoms with Gasteiger partial charge in [0.25, 0.3) is 0 Å². The van der Waals surface area contributed by atoms with Gasteiger partial charge in [-0.1, -0.05) is 0 Å². The summed E-state index contributed by atoms with van der Waals surface area (Å²) >= 11 is 0. The summed E-state index contributed by atoms with van der Waals surface area (Å²) in [6.45, 7) is 1.57. The highest BCUT2D eigenvalue weighted by Crippen LogP contribution is 2.10. The summed E-state index contributed by atoms with van der Waals surface area (Å²) in [5.74, 6) is 0. The van der Waals surface area contributed by atoms with E-state index in [1.807, 2.05) is 11.0 Å². The minimum absolute atomic E-state index is 0.375. The second kappa shape index (κ2) is 2.79. The quantitative estimate of drug-likeness (QED) is 0.482. The molecule has 0 aromatic heterocycles. The minimum Gasteiger partial charge on any atom is -0.288 e. The van der Waals surface area contributed by atoms with Crippen LogP contribution in [0.5, 0.6) is 0 Å². The smallest absolute Gasteiger partial charge is 0.114 e. The van der Waals surface area contributed by atoms with Gasteiger partial charge in [0.1, 0.15) is 6.17 Å². The van der Waals surface area contributed by atoms with Crippen molar-refractivity contribution in [1.29, 1.82) is 5.26 Å². The maximum atomic E-state index is 12.3. The molecule has 0 spiro atoms. The monoisotopic (exact) mass is 128 g/mol. The average molecular weight is 128 g/mol. The molecule has 1 saturated heterocycles. The lowest BCUT2D eigenvalue weighted by atomic mass is 10.3. The molecule has 1 aliphatic rings. The van der Waals surface area contributed by atoms with Crippen molar-refractivity contribution in [3.8, 4) is 6.07 Å². The van der Waals surface area contributed by atoms with E-state index in [9.17, 15) is 4.39 Å². The van der Waals surface area contributed by atoms with Crippen LogP contribution in [-0.4, -0.2) is 30.7 Å². The molecule has 0 saturated carbocycles. The molecule has 0 aromatic rings. The molecule has 0 amide bonds. The van der Waals surface area contributed by atoms with Gasteiger partial charge in [-0.25, -0.2) is 4.39 Å². The van der Waals surface area contributed by atoms with E-state index < -0.39 is 6.17 Å². The molecule has 2 nitrogen and oxygen atoms in total. The third-order valence-corrected chi connectivity index (χ3v) is 1.51.